The minimum atomic E-state index is 0.280. The summed E-state index contributed by atoms with van der Waals surface area (Å²) < 4.78 is 0. The molecule has 2 aromatic carbocycles. The zero-order valence-electron chi connectivity index (χ0n) is 12.5. The van der Waals surface area contributed by atoms with Crippen LogP contribution in [0.25, 0.3) is 16.7 Å². The lowest BCUT2D eigenvalue weighted by molar-refractivity contribution is 0.731. The van der Waals surface area contributed by atoms with Gasteiger partial charge in [0.1, 0.15) is 0 Å². The van der Waals surface area contributed by atoms with Gasteiger partial charge in [0, 0.05) is 5.41 Å². The maximum atomic E-state index is 3.59. The number of fused-ring (bicyclic) bond motifs is 4. The minimum absolute atomic E-state index is 0.280. The van der Waals surface area contributed by atoms with Gasteiger partial charge in [0.15, 0.2) is 0 Å². The number of hydrogen-bond donors (Lipinski definition) is 0. The van der Waals surface area contributed by atoms with Crippen molar-refractivity contribution in [2.75, 3.05) is 0 Å². The van der Waals surface area contributed by atoms with Crippen LogP contribution in [0.1, 0.15) is 37.0 Å². The van der Waals surface area contributed by atoms with Crippen LogP contribution in [0, 0.1) is 11.5 Å². The Kier molecular flexibility index (Phi) is 1.96. The van der Waals surface area contributed by atoms with Crippen LogP contribution in [0.4, 0.5) is 0 Å². The molecule has 0 bridgehead atoms. The second-order valence-corrected chi connectivity index (χ2v) is 6.87. The molecule has 5 rings (SSSR count). The van der Waals surface area contributed by atoms with E-state index in [9.17, 15) is 0 Å². The summed E-state index contributed by atoms with van der Waals surface area (Å²) in [5, 5.41) is 0. The topological polar surface area (TPSA) is 0 Å². The van der Waals surface area contributed by atoms with Crippen molar-refractivity contribution in [2.45, 2.75) is 26.7 Å². The first-order valence-electron chi connectivity index (χ1n) is 7.74. The monoisotopic (exact) mass is 269 g/mol. The third-order valence-electron chi connectivity index (χ3n) is 5.36. The van der Waals surface area contributed by atoms with Crippen LogP contribution in [0.3, 0.4) is 0 Å². The molecule has 3 aliphatic rings. The molecule has 3 aliphatic carbocycles. The molecule has 0 unspecified atom stereocenters. The van der Waals surface area contributed by atoms with Crippen molar-refractivity contribution in [2.24, 2.45) is 5.41 Å². The van der Waals surface area contributed by atoms with Gasteiger partial charge in [-0.25, -0.2) is 0 Å². The fourth-order valence-corrected chi connectivity index (χ4v) is 4.24. The molecule has 0 N–H and O–H groups in total. The predicted octanol–water partition coefficient (Wildman–Crippen LogP) is 5.18. The van der Waals surface area contributed by atoms with Gasteiger partial charge in [0.2, 0.25) is 0 Å². The molecule has 101 valence electrons. The molecule has 1 fully saturated rings. The van der Waals surface area contributed by atoms with Crippen LogP contribution in [0.2, 0.25) is 0 Å². The van der Waals surface area contributed by atoms with Crippen molar-refractivity contribution in [3.63, 3.8) is 0 Å². The molecule has 0 aromatic heterocycles. The lowest BCUT2D eigenvalue weighted by Gasteiger charge is -2.12. The molecule has 1 radical (unpaired) electrons. The van der Waals surface area contributed by atoms with Gasteiger partial charge in [0.05, 0.1) is 0 Å². The normalized spacial score (nSPS) is 20.0. The van der Waals surface area contributed by atoms with Gasteiger partial charge in [-0.1, -0.05) is 56.3 Å². The standard InChI is InChI=1S/C21H17/c1-21(2)19-11-10-17(20(19)21)16-9-5-8-15-14-7-4-3-6-13(14)12-18(15)16/h3-9H,10,12H2,1-2H3. The molecule has 2 aromatic rings. The fraction of sp³-hybridized carbons (Fsp3) is 0.238. The molecule has 0 aliphatic heterocycles. The maximum Gasteiger partial charge on any atom is 0.0158 e. The molecule has 0 heterocycles. The van der Waals surface area contributed by atoms with Gasteiger partial charge >= 0.3 is 0 Å². The van der Waals surface area contributed by atoms with Crippen molar-refractivity contribution in [1.82, 2.24) is 0 Å². The number of allylic oxidation sites excluding steroid dienone is 4. The molecule has 0 saturated heterocycles. The van der Waals surface area contributed by atoms with Crippen LogP contribution in [0.15, 0.2) is 53.6 Å². The highest BCUT2D eigenvalue weighted by atomic mass is 14.5. The van der Waals surface area contributed by atoms with Crippen LogP contribution in [0.5, 0.6) is 0 Å². The van der Waals surface area contributed by atoms with E-state index in [1.165, 1.54) is 39.0 Å². The third kappa shape index (κ3) is 1.35. The van der Waals surface area contributed by atoms with Crippen LogP contribution >= 0.6 is 0 Å². The van der Waals surface area contributed by atoms with Crippen molar-refractivity contribution < 1.29 is 0 Å². The van der Waals surface area contributed by atoms with Crippen molar-refractivity contribution >= 4 is 5.57 Å². The zero-order chi connectivity index (χ0) is 14.2. The first-order chi connectivity index (χ1) is 10.2. The van der Waals surface area contributed by atoms with Crippen molar-refractivity contribution in [1.29, 1.82) is 0 Å². The average molecular weight is 269 g/mol. The van der Waals surface area contributed by atoms with Gasteiger partial charge in [-0.2, -0.15) is 0 Å². The summed E-state index contributed by atoms with van der Waals surface area (Å²) in [4.78, 5) is 0. The van der Waals surface area contributed by atoms with E-state index in [2.05, 4.69) is 62.4 Å². The summed E-state index contributed by atoms with van der Waals surface area (Å²) in [5.74, 6) is 0. The highest BCUT2D eigenvalue weighted by Gasteiger charge is 2.51. The zero-order valence-corrected chi connectivity index (χ0v) is 12.5. The first-order valence-corrected chi connectivity index (χ1v) is 7.74. The van der Waals surface area contributed by atoms with E-state index < -0.39 is 0 Å². The third-order valence-corrected chi connectivity index (χ3v) is 5.36. The molecule has 1 saturated carbocycles. The summed E-state index contributed by atoms with van der Waals surface area (Å²) >= 11 is 0. The Morgan fingerprint density at radius 1 is 0.905 bits per heavy atom. The smallest absolute Gasteiger partial charge is 0.0158 e. The SMILES string of the molecule is CC1(C)C2=[C]CC(c3cccc4c3Cc3ccccc3-4)=C21. The predicted molar refractivity (Wildman–Crippen MR) is 86.8 cm³/mol. The average Bonchev–Trinajstić information content (AvgIpc) is 2.91. The fourth-order valence-electron chi connectivity index (χ4n) is 4.24. The van der Waals surface area contributed by atoms with Gasteiger partial charge < -0.3 is 0 Å². The molecular weight excluding hydrogens is 252 g/mol. The highest BCUT2D eigenvalue weighted by molar-refractivity contribution is 5.91. The van der Waals surface area contributed by atoms with E-state index in [1.807, 2.05) is 0 Å². The molecule has 0 heteroatoms. The molecular formula is C21H17. The molecule has 0 amide bonds. The molecule has 0 spiro atoms. The quantitative estimate of drug-likeness (QED) is 0.570. The van der Waals surface area contributed by atoms with Crippen LogP contribution < -0.4 is 0 Å². The van der Waals surface area contributed by atoms with E-state index in [4.69, 9.17) is 0 Å². The summed E-state index contributed by atoms with van der Waals surface area (Å²) in [6.45, 7) is 4.64. The van der Waals surface area contributed by atoms with E-state index in [0.29, 0.717) is 0 Å². The summed E-state index contributed by atoms with van der Waals surface area (Å²) in [6, 6.07) is 15.6. The minimum Gasteiger partial charge on any atom is -0.0619 e. The Balaban J connectivity index is 1.72. The van der Waals surface area contributed by atoms with E-state index in [1.54, 1.807) is 5.57 Å². The van der Waals surface area contributed by atoms with Crippen LogP contribution in [-0.4, -0.2) is 0 Å². The van der Waals surface area contributed by atoms with E-state index in [-0.39, 0.29) is 5.41 Å². The summed E-state index contributed by atoms with van der Waals surface area (Å²) in [6.07, 6.45) is 5.67. The second kappa shape index (κ2) is 3.57. The van der Waals surface area contributed by atoms with Gasteiger partial charge in [-0.15, -0.1) is 0 Å². The van der Waals surface area contributed by atoms with Gasteiger partial charge in [-0.3, -0.25) is 0 Å². The largest absolute Gasteiger partial charge is 0.0619 e. The Hall–Kier alpha value is -2.08. The molecule has 0 nitrogen and oxygen atoms in total. The summed E-state index contributed by atoms with van der Waals surface area (Å²) in [5.41, 5.74) is 12.1. The van der Waals surface area contributed by atoms with Gasteiger partial charge in [-0.05, 0) is 63.5 Å². The molecule has 0 atom stereocenters. The van der Waals surface area contributed by atoms with Gasteiger partial charge in [0.25, 0.3) is 0 Å². The Labute approximate surface area is 125 Å². The number of rotatable bonds is 1. The first kappa shape index (κ1) is 11.6. The van der Waals surface area contributed by atoms with Crippen molar-refractivity contribution in [3.05, 3.63) is 76.4 Å². The number of benzene rings is 2. The number of hydrogen-bond acceptors (Lipinski definition) is 0. The lowest BCUT2D eigenvalue weighted by atomic mass is 9.92. The lowest BCUT2D eigenvalue weighted by Crippen LogP contribution is -1.95. The second-order valence-electron chi connectivity index (χ2n) is 6.87. The summed E-state index contributed by atoms with van der Waals surface area (Å²) in [7, 11) is 0. The Morgan fingerprint density at radius 3 is 2.48 bits per heavy atom. The Bertz CT molecular complexity index is 859. The van der Waals surface area contributed by atoms with E-state index >= 15 is 0 Å². The highest BCUT2D eigenvalue weighted by Crippen LogP contribution is 2.64. The maximum absolute atomic E-state index is 3.59. The Morgan fingerprint density at radius 2 is 1.67 bits per heavy atom. The molecule has 21 heavy (non-hydrogen) atoms. The van der Waals surface area contributed by atoms with Crippen LogP contribution in [-0.2, 0) is 6.42 Å². The van der Waals surface area contributed by atoms with E-state index in [0.717, 1.165) is 12.8 Å². The van der Waals surface area contributed by atoms with Crippen molar-refractivity contribution in [3.8, 4) is 11.1 Å².